The highest BCUT2D eigenvalue weighted by molar-refractivity contribution is 7.89. The Hall–Kier alpha value is -1.60. The van der Waals surface area contributed by atoms with Crippen LogP contribution in [0.15, 0.2) is 29.2 Å². The summed E-state index contributed by atoms with van der Waals surface area (Å²) in [6.07, 6.45) is 2.02. The highest BCUT2D eigenvalue weighted by Gasteiger charge is 2.38. The summed E-state index contributed by atoms with van der Waals surface area (Å²) < 4.78 is 36.5. The Labute approximate surface area is 124 Å². The number of piperidine rings is 1. The number of sulfonamides is 1. The Morgan fingerprint density at radius 2 is 2.05 bits per heavy atom. The number of benzene rings is 1. The first-order valence-electron chi connectivity index (χ1n) is 6.74. The number of methoxy groups -OCH3 is 2. The van der Waals surface area contributed by atoms with E-state index in [0.717, 1.165) is 12.8 Å². The molecule has 2 rings (SSSR count). The number of carbonyl (C=O) groups is 1. The lowest BCUT2D eigenvalue weighted by molar-refractivity contribution is -0.146. The third-order valence-electron chi connectivity index (χ3n) is 3.57. The van der Waals surface area contributed by atoms with E-state index >= 15 is 0 Å². The van der Waals surface area contributed by atoms with Crippen molar-refractivity contribution in [3.8, 4) is 5.75 Å². The molecule has 0 saturated carbocycles. The van der Waals surface area contributed by atoms with E-state index in [1.165, 1.54) is 30.7 Å². The highest BCUT2D eigenvalue weighted by atomic mass is 32.2. The van der Waals surface area contributed by atoms with Gasteiger partial charge in [-0.25, -0.2) is 8.42 Å². The Kier molecular flexibility index (Phi) is 4.84. The molecule has 21 heavy (non-hydrogen) atoms. The lowest BCUT2D eigenvalue weighted by atomic mass is 10.1. The van der Waals surface area contributed by atoms with Crippen LogP contribution < -0.4 is 4.74 Å². The summed E-state index contributed by atoms with van der Waals surface area (Å²) in [6, 6.07) is 5.49. The third kappa shape index (κ3) is 3.19. The topological polar surface area (TPSA) is 72.9 Å². The van der Waals surface area contributed by atoms with Crippen LogP contribution in [-0.4, -0.2) is 45.5 Å². The normalized spacial score (nSPS) is 20.0. The van der Waals surface area contributed by atoms with Crippen molar-refractivity contribution in [1.82, 2.24) is 4.31 Å². The molecule has 1 aliphatic rings. The summed E-state index contributed by atoms with van der Waals surface area (Å²) in [7, 11) is -0.999. The molecule has 0 aromatic heterocycles. The minimum atomic E-state index is -3.75. The highest BCUT2D eigenvalue weighted by Crippen LogP contribution is 2.27. The summed E-state index contributed by atoms with van der Waals surface area (Å²) in [4.78, 5) is 11.9. The van der Waals surface area contributed by atoms with Crippen LogP contribution >= 0.6 is 0 Å². The van der Waals surface area contributed by atoms with Crippen LogP contribution in [0.25, 0.3) is 0 Å². The van der Waals surface area contributed by atoms with Gasteiger partial charge >= 0.3 is 5.97 Å². The number of nitrogens with zero attached hydrogens (tertiary/aromatic N) is 1. The molecule has 7 heteroatoms. The maximum atomic E-state index is 12.7. The van der Waals surface area contributed by atoms with Crippen LogP contribution in [0.5, 0.6) is 5.75 Å². The number of esters is 1. The maximum Gasteiger partial charge on any atom is 0.324 e. The van der Waals surface area contributed by atoms with E-state index < -0.39 is 22.0 Å². The largest absolute Gasteiger partial charge is 0.497 e. The van der Waals surface area contributed by atoms with E-state index in [2.05, 4.69) is 0 Å². The molecule has 0 radical (unpaired) electrons. The molecule has 1 saturated heterocycles. The molecular weight excluding hydrogens is 294 g/mol. The molecule has 1 aliphatic heterocycles. The number of hydrogen-bond donors (Lipinski definition) is 0. The molecule has 1 unspecified atom stereocenters. The zero-order chi connectivity index (χ0) is 15.5. The van der Waals surface area contributed by atoms with Gasteiger partial charge in [-0.05, 0) is 31.4 Å². The Balaban J connectivity index is 2.38. The Morgan fingerprint density at radius 3 is 2.71 bits per heavy atom. The summed E-state index contributed by atoms with van der Waals surface area (Å²) in [6.45, 7) is 0.319. The van der Waals surface area contributed by atoms with Crippen molar-refractivity contribution in [2.45, 2.75) is 30.2 Å². The zero-order valence-corrected chi connectivity index (χ0v) is 12.9. The fraction of sp³-hybridized carbons (Fsp3) is 0.500. The lowest BCUT2D eigenvalue weighted by Gasteiger charge is -2.32. The SMILES string of the molecule is COC(=O)C1CCCCN1S(=O)(=O)c1cccc(OC)c1. The van der Waals surface area contributed by atoms with Crippen LogP contribution in [-0.2, 0) is 19.6 Å². The molecule has 0 bridgehead atoms. The van der Waals surface area contributed by atoms with E-state index in [9.17, 15) is 13.2 Å². The van der Waals surface area contributed by atoms with Gasteiger partial charge in [0.15, 0.2) is 0 Å². The predicted molar refractivity (Wildman–Crippen MR) is 76.5 cm³/mol. The van der Waals surface area contributed by atoms with Gasteiger partial charge < -0.3 is 9.47 Å². The Morgan fingerprint density at radius 1 is 1.29 bits per heavy atom. The van der Waals surface area contributed by atoms with Crippen LogP contribution in [0.2, 0.25) is 0 Å². The number of hydrogen-bond acceptors (Lipinski definition) is 5. The Bertz CT molecular complexity index is 614. The first kappa shape index (κ1) is 15.8. The number of ether oxygens (including phenoxy) is 2. The monoisotopic (exact) mass is 313 g/mol. The van der Waals surface area contributed by atoms with Gasteiger partial charge in [0.1, 0.15) is 11.8 Å². The minimum absolute atomic E-state index is 0.123. The lowest BCUT2D eigenvalue weighted by Crippen LogP contribution is -2.48. The molecule has 1 heterocycles. The van der Waals surface area contributed by atoms with Gasteiger partial charge in [-0.15, -0.1) is 0 Å². The molecule has 1 fully saturated rings. The van der Waals surface area contributed by atoms with Gasteiger partial charge in [-0.1, -0.05) is 6.07 Å². The summed E-state index contributed by atoms with van der Waals surface area (Å²) in [5, 5.41) is 0. The zero-order valence-electron chi connectivity index (χ0n) is 12.1. The second-order valence-electron chi connectivity index (χ2n) is 4.83. The molecule has 0 amide bonds. The van der Waals surface area contributed by atoms with Crippen molar-refractivity contribution in [3.63, 3.8) is 0 Å². The second-order valence-corrected chi connectivity index (χ2v) is 6.72. The van der Waals surface area contributed by atoms with E-state index in [4.69, 9.17) is 9.47 Å². The standard InChI is InChI=1S/C14H19NO5S/c1-19-11-6-5-7-12(10-11)21(17,18)15-9-4-3-8-13(15)14(16)20-2/h5-7,10,13H,3-4,8-9H2,1-2H3. The summed E-state index contributed by atoms with van der Waals surface area (Å²) in [5.41, 5.74) is 0. The minimum Gasteiger partial charge on any atom is -0.497 e. The van der Waals surface area contributed by atoms with Crippen LogP contribution in [0.3, 0.4) is 0 Å². The molecule has 116 valence electrons. The number of rotatable bonds is 4. The molecule has 0 aliphatic carbocycles. The first-order chi connectivity index (χ1) is 10.0. The van der Waals surface area contributed by atoms with Crippen molar-refractivity contribution >= 4 is 16.0 Å². The van der Waals surface area contributed by atoms with Gasteiger partial charge in [0.2, 0.25) is 10.0 Å². The van der Waals surface area contributed by atoms with Crippen molar-refractivity contribution in [3.05, 3.63) is 24.3 Å². The molecular formula is C14H19NO5S. The average molecular weight is 313 g/mol. The van der Waals surface area contributed by atoms with Crippen molar-refractivity contribution in [1.29, 1.82) is 0 Å². The van der Waals surface area contributed by atoms with Crippen molar-refractivity contribution < 1.29 is 22.7 Å². The van der Waals surface area contributed by atoms with Gasteiger partial charge in [0.25, 0.3) is 0 Å². The summed E-state index contributed by atoms with van der Waals surface area (Å²) >= 11 is 0. The average Bonchev–Trinajstić information content (AvgIpc) is 2.54. The first-order valence-corrected chi connectivity index (χ1v) is 8.18. The molecule has 1 aromatic rings. The molecule has 1 aromatic carbocycles. The van der Waals surface area contributed by atoms with Crippen LogP contribution in [0.4, 0.5) is 0 Å². The smallest absolute Gasteiger partial charge is 0.324 e. The fourth-order valence-corrected chi connectivity index (χ4v) is 4.14. The molecule has 0 N–H and O–H groups in total. The second kappa shape index (κ2) is 6.44. The van der Waals surface area contributed by atoms with E-state index in [1.807, 2.05) is 0 Å². The predicted octanol–water partition coefficient (Wildman–Crippen LogP) is 1.41. The molecule has 0 spiro atoms. The van der Waals surface area contributed by atoms with Gasteiger partial charge in [0.05, 0.1) is 19.1 Å². The quantitative estimate of drug-likeness (QED) is 0.786. The number of carbonyl (C=O) groups excluding carboxylic acids is 1. The van der Waals surface area contributed by atoms with Gasteiger partial charge in [-0.2, -0.15) is 4.31 Å². The third-order valence-corrected chi connectivity index (χ3v) is 5.48. The van der Waals surface area contributed by atoms with E-state index in [0.29, 0.717) is 18.7 Å². The fourth-order valence-electron chi connectivity index (χ4n) is 2.46. The van der Waals surface area contributed by atoms with Gasteiger partial charge in [0, 0.05) is 12.6 Å². The van der Waals surface area contributed by atoms with Crippen LogP contribution in [0.1, 0.15) is 19.3 Å². The van der Waals surface area contributed by atoms with Crippen LogP contribution in [0, 0.1) is 0 Å². The van der Waals surface area contributed by atoms with Crippen molar-refractivity contribution in [2.75, 3.05) is 20.8 Å². The van der Waals surface area contributed by atoms with Gasteiger partial charge in [-0.3, -0.25) is 4.79 Å². The molecule has 1 atom stereocenters. The van der Waals surface area contributed by atoms with E-state index in [1.54, 1.807) is 12.1 Å². The van der Waals surface area contributed by atoms with Crippen molar-refractivity contribution in [2.24, 2.45) is 0 Å². The van der Waals surface area contributed by atoms with E-state index in [-0.39, 0.29) is 4.90 Å². The summed E-state index contributed by atoms with van der Waals surface area (Å²) in [5.74, 6) is -0.0520. The molecule has 6 nitrogen and oxygen atoms in total. The maximum absolute atomic E-state index is 12.7.